The molecule has 37 heavy (non-hydrogen) atoms. The number of aromatic amines is 1. The van der Waals surface area contributed by atoms with Crippen LogP contribution in [0.2, 0.25) is 4.34 Å². The van der Waals surface area contributed by atoms with E-state index in [2.05, 4.69) is 20.6 Å². The Morgan fingerprint density at radius 2 is 1.84 bits per heavy atom. The highest BCUT2D eigenvalue weighted by molar-refractivity contribution is 7.92. The van der Waals surface area contributed by atoms with Crippen molar-refractivity contribution in [3.63, 3.8) is 0 Å². The van der Waals surface area contributed by atoms with Gasteiger partial charge in [-0.1, -0.05) is 11.6 Å². The summed E-state index contributed by atoms with van der Waals surface area (Å²) < 4.78 is 64.2. The van der Waals surface area contributed by atoms with Gasteiger partial charge in [-0.05, 0) is 42.5 Å². The molecule has 0 saturated heterocycles. The van der Waals surface area contributed by atoms with Gasteiger partial charge in [-0.2, -0.15) is 13.2 Å². The first-order chi connectivity index (χ1) is 17.3. The van der Waals surface area contributed by atoms with Crippen molar-refractivity contribution in [2.75, 3.05) is 17.2 Å². The predicted molar refractivity (Wildman–Crippen MR) is 131 cm³/mol. The van der Waals surface area contributed by atoms with Crippen LogP contribution in [0.4, 0.5) is 29.3 Å². The summed E-state index contributed by atoms with van der Waals surface area (Å²) in [6.45, 7) is -1.30. The molecule has 3 aromatic heterocycles. The molecule has 11 nitrogen and oxygen atoms in total. The molecule has 0 aliphatic rings. The van der Waals surface area contributed by atoms with Crippen molar-refractivity contribution in [2.24, 2.45) is 0 Å². The Balaban J connectivity index is 1.53. The summed E-state index contributed by atoms with van der Waals surface area (Å²) in [5.74, 6) is -0.126. The summed E-state index contributed by atoms with van der Waals surface area (Å²) >= 11 is 6.47. The Kier molecular flexibility index (Phi) is 6.98. The van der Waals surface area contributed by atoms with Crippen LogP contribution in [0.15, 0.2) is 62.5 Å². The lowest BCUT2D eigenvalue weighted by molar-refractivity contribution is -0.115. The maximum absolute atomic E-state index is 12.9. The van der Waals surface area contributed by atoms with E-state index in [9.17, 15) is 36.0 Å². The third kappa shape index (κ3) is 6.10. The third-order valence-corrected chi connectivity index (χ3v) is 7.72. The van der Waals surface area contributed by atoms with Crippen molar-refractivity contribution in [1.29, 1.82) is 0 Å². The molecule has 0 spiro atoms. The van der Waals surface area contributed by atoms with Gasteiger partial charge in [0.05, 0.1) is 27.1 Å². The number of thiophene rings is 1. The lowest BCUT2D eigenvalue weighted by Crippen LogP contribution is -2.35. The molecule has 0 atom stereocenters. The number of benzene rings is 1. The van der Waals surface area contributed by atoms with Crippen molar-refractivity contribution in [3.8, 4) is 5.82 Å². The highest BCUT2D eigenvalue weighted by atomic mass is 35.5. The average Bonchev–Trinajstić information content (AvgIpc) is 3.25. The van der Waals surface area contributed by atoms with Crippen LogP contribution in [-0.2, 0) is 10.0 Å². The minimum Gasteiger partial charge on any atom is -0.376 e. The van der Waals surface area contributed by atoms with E-state index in [0.717, 1.165) is 17.5 Å². The van der Waals surface area contributed by atoms with Crippen molar-refractivity contribution in [1.82, 2.24) is 19.3 Å². The molecule has 4 aromatic rings. The Morgan fingerprint density at radius 1 is 1.11 bits per heavy atom. The van der Waals surface area contributed by atoms with E-state index in [4.69, 9.17) is 11.6 Å². The van der Waals surface area contributed by atoms with Gasteiger partial charge in [-0.25, -0.2) is 32.3 Å². The second-order valence-electron chi connectivity index (χ2n) is 7.32. The molecular weight excluding hydrogens is 561 g/mol. The lowest BCUT2D eigenvalue weighted by Gasteiger charge is -2.11. The molecule has 3 heterocycles. The summed E-state index contributed by atoms with van der Waals surface area (Å²) in [6, 6.07) is 7.72. The zero-order chi connectivity index (χ0) is 27.0. The number of nitrogens with zero attached hydrogens (tertiary/aromatic N) is 2. The van der Waals surface area contributed by atoms with Gasteiger partial charge >= 0.3 is 17.9 Å². The standard InChI is InChI=1S/C20H14ClF3N6O5S2/c21-14-4-6-16(36-14)37(34,35)29-18(32)27-11-2-5-15(25-8-11)30-17(31)12-3-1-10(26-9-20(22,23)24)7-13(12)28-19(30)33/h1-8,26H,9H2,(H,28,33)(H2,27,29,32). The molecule has 0 aliphatic heterocycles. The van der Waals surface area contributed by atoms with Gasteiger partial charge in [0.15, 0.2) is 0 Å². The number of sulfonamides is 1. The van der Waals surface area contributed by atoms with Gasteiger partial charge in [0.1, 0.15) is 16.6 Å². The fourth-order valence-corrected chi connectivity index (χ4v) is 5.49. The first-order valence-electron chi connectivity index (χ1n) is 9.98. The summed E-state index contributed by atoms with van der Waals surface area (Å²) in [4.78, 5) is 43.9. The number of halogens is 4. The Hall–Kier alpha value is -3.89. The van der Waals surface area contributed by atoms with E-state index in [1.54, 1.807) is 0 Å². The highest BCUT2D eigenvalue weighted by Gasteiger charge is 2.26. The molecule has 0 fully saturated rings. The number of carbonyl (C=O) groups is 1. The van der Waals surface area contributed by atoms with Crippen LogP contribution in [-0.4, -0.2) is 41.7 Å². The minimum atomic E-state index is -4.45. The number of urea groups is 1. The number of hydrogen-bond acceptors (Lipinski definition) is 8. The maximum atomic E-state index is 12.9. The number of aromatic nitrogens is 3. The van der Waals surface area contributed by atoms with Gasteiger partial charge in [0.2, 0.25) is 0 Å². The Morgan fingerprint density at radius 3 is 2.46 bits per heavy atom. The SMILES string of the molecule is O=C(Nc1ccc(-n2c(=O)[nH]c3cc(NCC(F)(F)F)ccc3c2=O)nc1)NS(=O)(=O)c1ccc(Cl)s1. The molecule has 2 amide bonds. The van der Waals surface area contributed by atoms with Crippen LogP contribution in [0, 0.1) is 0 Å². The lowest BCUT2D eigenvalue weighted by atomic mass is 10.2. The molecular formula is C20H14ClF3N6O5S2. The molecule has 17 heteroatoms. The number of carbonyl (C=O) groups excluding carboxylic acids is 1. The second kappa shape index (κ2) is 9.87. The van der Waals surface area contributed by atoms with Crippen molar-refractivity contribution in [2.45, 2.75) is 10.4 Å². The predicted octanol–water partition coefficient (Wildman–Crippen LogP) is 3.27. The molecule has 1 aromatic carbocycles. The molecule has 0 radical (unpaired) electrons. The number of nitrogens with one attached hydrogen (secondary N) is 4. The number of rotatable bonds is 6. The van der Waals surface area contributed by atoms with E-state index in [0.29, 0.717) is 4.57 Å². The number of H-pyrrole nitrogens is 1. The zero-order valence-electron chi connectivity index (χ0n) is 18.1. The molecule has 4 rings (SSSR count). The van der Waals surface area contributed by atoms with Crippen LogP contribution in [0.1, 0.15) is 0 Å². The highest BCUT2D eigenvalue weighted by Crippen LogP contribution is 2.25. The summed E-state index contributed by atoms with van der Waals surface area (Å²) in [5.41, 5.74) is -1.58. The normalized spacial score (nSPS) is 11.9. The molecule has 0 aliphatic carbocycles. The topological polar surface area (TPSA) is 155 Å². The summed E-state index contributed by atoms with van der Waals surface area (Å²) in [6.07, 6.45) is -3.37. The number of fused-ring (bicyclic) bond motifs is 1. The van der Waals surface area contributed by atoms with E-state index in [1.165, 1.54) is 42.5 Å². The van der Waals surface area contributed by atoms with Crippen molar-refractivity contribution >= 4 is 61.3 Å². The fourth-order valence-electron chi connectivity index (χ4n) is 3.10. The minimum absolute atomic E-state index is 0.0134. The van der Waals surface area contributed by atoms with Gasteiger partial charge in [-0.3, -0.25) is 4.79 Å². The van der Waals surface area contributed by atoms with Gasteiger partial charge < -0.3 is 15.6 Å². The molecule has 194 valence electrons. The van der Waals surface area contributed by atoms with Gasteiger partial charge in [-0.15, -0.1) is 11.3 Å². The third-order valence-electron chi connectivity index (χ3n) is 4.67. The smallest absolute Gasteiger partial charge is 0.376 e. The van der Waals surface area contributed by atoms with Crippen LogP contribution in [0.25, 0.3) is 16.7 Å². The summed E-state index contributed by atoms with van der Waals surface area (Å²) in [7, 11) is -4.16. The van der Waals surface area contributed by atoms with Gasteiger partial charge in [0, 0.05) is 5.69 Å². The van der Waals surface area contributed by atoms with E-state index < -0.39 is 40.0 Å². The molecule has 0 bridgehead atoms. The zero-order valence-corrected chi connectivity index (χ0v) is 20.5. The number of amides is 2. The molecule has 4 N–H and O–H groups in total. The van der Waals surface area contributed by atoms with Crippen LogP contribution in [0.3, 0.4) is 0 Å². The van der Waals surface area contributed by atoms with Gasteiger partial charge in [0.25, 0.3) is 15.6 Å². The number of anilines is 2. The van der Waals surface area contributed by atoms with Crippen LogP contribution in [0.5, 0.6) is 0 Å². The maximum Gasteiger partial charge on any atom is 0.405 e. The van der Waals surface area contributed by atoms with Crippen LogP contribution >= 0.6 is 22.9 Å². The number of hydrogen-bond donors (Lipinski definition) is 4. The average molecular weight is 575 g/mol. The second-order valence-corrected chi connectivity index (χ2v) is 10.9. The monoisotopic (exact) mass is 574 g/mol. The van der Waals surface area contributed by atoms with E-state index >= 15 is 0 Å². The number of pyridine rings is 1. The molecule has 0 unspecified atom stereocenters. The Labute approximate surface area is 214 Å². The van der Waals surface area contributed by atoms with Crippen LogP contribution < -0.4 is 26.6 Å². The number of alkyl halides is 3. The van der Waals surface area contributed by atoms with Crippen molar-refractivity contribution < 1.29 is 26.4 Å². The molecule has 0 saturated carbocycles. The Bertz CT molecular complexity index is 1720. The largest absolute Gasteiger partial charge is 0.405 e. The summed E-state index contributed by atoms with van der Waals surface area (Å²) in [5, 5.41) is 4.43. The first-order valence-corrected chi connectivity index (χ1v) is 12.7. The van der Waals surface area contributed by atoms with Crippen molar-refractivity contribution in [3.05, 3.63) is 73.8 Å². The fraction of sp³-hybridized carbons (Fsp3) is 0.100. The van der Waals surface area contributed by atoms with E-state index in [-0.39, 0.29) is 36.6 Å². The first kappa shape index (κ1) is 26.2. The quantitative estimate of drug-likeness (QED) is 0.275. The van der Waals surface area contributed by atoms with E-state index in [1.807, 2.05) is 4.72 Å².